The summed E-state index contributed by atoms with van der Waals surface area (Å²) in [6.45, 7) is 0. The van der Waals surface area contributed by atoms with Gasteiger partial charge in [-0.05, 0) is 34.7 Å². The zero-order valence-electron chi connectivity index (χ0n) is 8.22. The Labute approximate surface area is 111 Å². The predicted molar refractivity (Wildman–Crippen MR) is 75.6 cm³/mol. The van der Waals surface area contributed by atoms with Gasteiger partial charge in [0.15, 0.2) is 0 Å². The number of pyridine rings is 1. The average Bonchev–Trinajstić information content (AvgIpc) is 2.82. The summed E-state index contributed by atoms with van der Waals surface area (Å²) in [7, 11) is 0. The summed E-state index contributed by atoms with van der Waals surface area (Å²) < 4.78 is 1.22. The van der Waals surface area contributed by atoms with E-state index in [9.17, 15) is 0 Å². The van der Waals surface area contributed by atoms with E-state index < -0.39 is 0 Å². The maximum Gasteiger partial charge on any atom is 0.141 e. The Morgan fingerprint density at radius 2 is 2.06 bits per heavy atom. The Kier molecular flexibility index (Phi) is 2.61. The molecule has 0 bridgehead atoms. The molecule has 1 aromatic carbocycles. The van der Waals surface area contributed by atoms with Crippen LogP contribution in [0.25, 0.3) is 21.6 Å². The Hall–Kier alpha value is -1.01. The Morgan fingerprint density at radius 1 is 1.19 bits per heavy atom. The number of para-hydroxylation sites is 1. The molecule has 2 aromatic heterocycles. The molecule has 0 amide bonds. The monoisotopic (exact) mass is 338 g/mol. The smallest absolute Gasteiger partial charge is 0.141 e. The molecule has 4 heteroatoms. The first-order chi connectivity index (χ1) is 7.84. The molecule has 0 atom stereocenters. The molecule has 0 saturated carbocycles. The van der Waals surface area contributed by atoms with Crippen LogP contribution in [0.3, 0.4) is 0 Å². The minimum absolute atomic E-state index is 0.957. The summed E-state index contributed by atoms with van der Waals surface area (Å²) in [6.07, 6.45) is 1.81. The van der Waals surface area contributed by atoms with Gasteiger partial charge in [-0.3, -0.25) is 0 Å². The SMILES string of the molecule is Ic1cc(-c2nccs2)nc2ccccc12. The summed E-state index contributed by atoms with van der Waals surface area (Å²) in [5.74, 6) is 0. The number of rotatable bonds is 1. The molecule has 16 heavy (non-hydrogen) atoms. The van der Waals surface area contributed by atoms with Crippen LogP contribution in [0.4, 0.5) is 0 Å². The van der Waals surface area contributed by atoms with E-state index in [0.29, 0.717) is 0 Å². The molecule has 0 aliphatic carbocycles. The molecule has 0 aliphatic heterocycles. The lowest BCUT2D eigenvalue weighted by Gasteiger charge is -2.02. The Balaban J connectivity index is 2.29. The first-order valence-electron chi connectivity index (χ1n) is 4.80. The quantitative estimate of drug-likeness (QED) is 0.628. The van der Waals surface area contributed by atoms with Crippen molar-refractivity contribution in [2.24, 2.45) is 0 Å². The number of benzene rings is 1. The summed E-state index contributed by atoms with van der Waals surface area (Å²) in [5.41, 5.74) is 1.98. The number of thiazole rings is 1. The summed E-state index contributed by atoms with van der Waals surface area (Å²) in [6, 6.07) is 10.3. The van der Waals surface area contributed by atoms with Gasteiger partial charge in [-0.25, -0.2) is 9.97 Å². The van der Waals surface area contributed by atoms with Crippen LogP contribution in [-0.4, -0.2) is 9.97 Å². The van der Waals surface area contributed by atoms with Crippen LogP contribution in [0.5, 0.6) is 0 Å². The molecule has 0 unspecified atom stereocenters. The second-order valence-corrected chi connectivity index (χ2v) is 5.40. The van der Waals surface area contributed by atoms with E-state index in [2.05, 4.69) is 44.7 Å². The molecule has 0 radical (unpaired) electrons. The maximum absolute atomic E-state index is 4.62. The van der Waals surface area contributed by atoms with Gasteiger partial charge in [0.1, 0.15) is 10.7 Å². The summed E-state index contributed by atoms with van der Waals surface area (Å²) >= 11 is 3.96. The van der Waals surface area contributed by atoms with E-state index in [-0.39, 0.29) is 0 Å². The van der Waals surface area contributed by atoms with Crippen LogP contribution >= 0.6 is 33.9 Å². The highest BCUT2D eigenvalue weighted by atomic mass is 127. The van der Waals surface area contributed by atoms with Gasteiger partial charge in [0.25, 0.3) is 0 Å². The van der Waals surface area contributed by atoms with E-state index in [1.165, 1.54) is 8.96 Å². The van der Waals surface area contributed by atoms with Gasteiger partial charge in [0, 0.05) is 20.5 Å². The van der Waals surface area contributed by atoms with Crippen LogP contribution in [-0.2, 0) is 0 Å². The van der Waals surface area contributed by atoms with Crippen molar-refractivity contribution in [1.82, 2.24) is 9.97 Å². The molecule has 0 N–H and O–H groups in total. The van der Waals surface area contributed by atoms with Crippen molar-refractivity contribution >= 4 is 44.8 Å². The highest BCUT2D eigenvalue weighted by molar-refractivity contribution is 14.1. The van der Waals surface area contributed by atoms with E-state index >= 15 is 0 Å². The van der Waals surface area contributed by atoms with Crippen LogP contribution in [0.15, 0.2) is 41.9 Å². The first-order valence-corrected chi connectivity index (χ1v) is 6.75. The predicted octanol–water partition coefficient (Wildman–Crippen LogP) is 3.96. The highest BCUT2D eigenvalue weighted by Gasteiger charge is 2.06. The van der Waals surface area contributed by atoms with Crippen molar-refractivity contribution < 1.29 is 0 Å². The second-order valence-electron chi connectivity index (χ2n) is 3.34. The lowest BCUT2D eigenvalue weighted by atomic mass is 10.2. The van der Waals surface area contributed by atoms with E-state index in [1.807, 2.05) is 29.8 Å². The second kappa shape index (κ2) is 4.10. The van der Waals surface area contributed by atoms with Crippen LogP contribution in [0.1, 0.15) is 0 Å². The van der Waals surface area contributed by atoms with Crippen molar-refractivity contribution in [3.63, 3.8) is 0 Å². The minimum Gasteiger partial charge on any atom is -0.245 e. The van der Waals surface area contributed by atoms with Gasteiger partial charge in [-0.15, -0.1) is 11.3 Å². The maximum atomic E-state index is 4.62. The minimum atomic E-state index is 0.957. The molecule has 2 nitrogen and oxygen atoms in total. The third-order valence-electron chi connectivity index (χ3n) is 2.32. The zero-order chi connectivity index (χ0) is 11.0. The molecule has 0 spiro atoms. The molecule has 2 heterocycles. The number of hydrogen-bond donors (Lipinski definition) is 0. The summed E-state index contributed by atoms with van der Waals surface area (Å²) in [4.78, 5) is 8.91. The lowest BCUT2D eigenvalue weighted by molar-refractivity contribution is 1.33. The zero-order valence-corrected chi connectivity index (χ0v) is 11.2. The molecule has 0 fully saturated rings. The lowest BCUT2D eigenvalue weighted by Crippen LogP contribution is -1.87. The van der Waals surface area contributed by atoms with Gasteiger partial charge in [0.05, 0.1) is 5.52 Å². The van der Waals surface area contributed by atoms with E-state index in [1.54, 1.807) is 11.3 Å². The van der Waals surface area contributed by atoms with Crippen molar-refractivity contribution in [2.45, 2.75) is 0 Å². The van der Waals surface area contributed by atoms with Crippen molar-refractivity contribution in [3.8, 4) is 10.7 Å². The van der Waals surface area contributed by atoms with Crippen molar-refractivity contribution in [1.29, 1.82) is 0 Å². The third kappa shape index (κ3) is 1.72. The van der Waals surface area contributed by atoms with Crippen LogP contribution in [0.2, 0.25) is 0 Å². The standard InChI is InChI=1S/C12H7IN2S/c13-9-7-11(12-14-5-6-16-12)15-10-4-2-1-3-8(9)10/h1-7H. The molecule has 3 rings (SSSR count). The van der Waals surface area contributed by atoms with Crippen molar-refractivity contribution in [3.05, 3.63) is 45.5 Å². The normalized spacial score (nSPS) is 10.8. The molecular formula is C12H7IN2S. The van der Waals surface area contributed by atoms with Gasteiger partial charge < -0.3 is 0 Å². The van der Waals surface area contributed by atoms with E-state index in [0.717, 1.165) is 16.2 Å². The highest BCUT2D eigenvalue weighted by Crippen LogP contribution is 2.26. The fraction of sp³-hybridized carbons (Fsp3) is 0. The molecule has 0 aliphatic rings. The number of nitrogens with zero attached hydrogens (tertiary/aromatic N) is 2. The number of halogens is 1. The molecular weight excluding hydrogens is 331 g/mol. The molecule has 0 saturated heterocycles. The molecule has 78 valence electrons. The summed E-state index contributed by atoms with van der Waals surface area (Å²) in [5, 5.41) is 4.14. The number of aromatic nitrogens is 2. The molecule has 3 aromatic rings. The fourth-order valence-electron chi connectivity index (χ4n) is 1.59. The van der Waals surface area contributed by atoms with Crippen molar-refractivity contribution in [2.75, 3.05) is 0 Å². The van der Waals surface area contributed by atoms with Gasteiger partial charge in [-0.1, -0.05) is 18.2 Å². The third-order valence-corrected chi connectivity index (χ3v) is 4.01. The average molecular weight is 338 g/mol. The first kappa shape index (κ1) is 10.2. The number of fused-ring (bicyclic) bond motifs is 1. The van der Waals surface area contributed by atoms with Gasteiger partial charge in [0.2, 0.25) is 0 Å². The van der Waals surface area contributed by atoms with E-state index in [4.69, 9.17) is 0 Å². The largest absolute Gasteiger partial charge is 0.245 e. The van der Waals surface area contributed by atoms with Gasteiger partial charge >= 0.3 is 0 Å². The van der Waals surface area contributed by atoms with Crippen LogP contribution < -0.4 is 0 Å². The fourth-order valence-corrected chi connectivity index (χ4v) is 2.94. The topological polar surface area (TPSA) is 25.8 Å². The van der Waals surface area contributed by atoms with Crippen LogP contribution in [0, 0.1) is 3.57 Å². The number of hydrogen-bond acceptors (Lipinski definition) is 3. The van der Waals surface area contributed by atoms with Gasteiger partial charge in [-0.2, -0.15) is 0 Å². The Bertz CT molecular complexity index is 635. The Morgan fingerprint density at radius 3 is 2.88 bits per heavy atom.